The van der Waals surface area contributed by atoms with Crippen LogP contribution in [0, 0.1) is 19.3 Å². The molecular formula is C25H33N3O2. The van der Waals surface area contributed by atoms with Gasteiger partial charge in [0.1, 0.15) is 11.6 Å². The van der Waals surface area contributed by atoms with E-state index in [-0.39, 0.29) is 11.9 Å². The van der Waals surface area contributed by atoms with Crippen LogP contribution < -0.4 is 10.1 Å². The molecule has 3 rings (SSSR count). The van der Waals surface area contributed by atoms with E-state index in [1.165, 1.54) is 0 Å². The van der Waals surface area contributed by atoms with Gasteiger partial charge >= 0.3 is 0 Å². The summed E-state index contributed by atoms with van der Waals surface area (Å²) in [4.78, 5) is 17.3. The van der Waals surface area contributed by atoms with E-state index in [1.54, 1.807) is 0 Å². The molecule has 0 saturated heterocycles. The van der Waals surface area contributed by atoms with Gasteiger partial charge in [0.15, 0.2) is 0 Å². The van der Waals surface area contributed by atoms with Gasteiger partial charge in [-0.1, -0.05) is 51.1 Å². The summed E-state index contributed by atoms with van der Waals surface area (Å²) in [5, 5.41) is 3.12. The van der Waals surface area contributed by atoms with Gasteiger partial charge in [0.25, 0.3) is 0 Å². The lowest BCUT2D eigenvalue weighted by atomic mass is 9.95. The number of ether oxygens (including phenoxy) is 1. The quantitative estimate of drug-likeness (QED) is 0.538. The highest BCUT2D eigenvalue weighted by molar-refractivity contribution is 5.82. The molecule has 0 aliphatic heterocycles. The molecular weight excluding hydrogens is 374 g/mol. The summed E-state index contributed by atoms with van der Waals surface area (Å²) in [7, 11) is 0. The first-order valence-corrected chi connectivity index (χ1v) is 10.6. The molecule has 1 unspecified atom stereocenters. The van der Waals surface area contributed by atoms with Crippen LogP contribution in [0.4, 0.5) is 0 Å². The SMILES string of the molecule is Cc1cccc(C)c1OCCCn1c(C(C)NC(=O)C(C)(C)C)nc2ccccc21. The maximum Gasteiger partial charge on any atom is 0.225 e. The van der Waals surface area contributed by atoms with Gasteiger partial charge in [0, 0.05) is 12.0 Å². The Morgan fingerprint density at radius 3 is 2.43 bits per heavy atom. The van der Waals surface area contributed by atoms with Crippen LogP contribution in [0.25, 0.3) is 11.0 Å². The Bertz CT molecular complexity index is 1010. The Morgan fingerprint density at radius 2 is 1.77 bits per heavy atom. The second-order valence-electron chi connectivity index (χ2n) is 8.98. The average Bonchev–Trinajstić information content (AvgIpc) is 3.05. The van der Waals surface area contributed by atoms with E-state index in [4.69, 9.17) is 9.72 Å². The van der Waals surface area contributed by atoms with Gasteiger partial charge in [-0.25, -0.2) is 4.98 Å². The minimum Gasteiger partial charge on any atom is -0.493 e. The monoisotopic (exact) mass is 407 g/mol. The van der Waals surface area contributed by atoms with Crippen LogP contribution in [0.3, 0.4) is 0 Å². The standard InChI is InChI=1S/C25H33N3O2/c1-17-11-9-12-18(2)22(17)30-16-10-15-28-21-14-8-7-13-20(21)27-23(28)19(3)26-24(29)25(4,5)6/h7-9,11-14,19H,10,15-16H2,1-6H3,(H,26,29). The molecule has 0 fully saturated rings. The minimum atomic E-state index is -0.440. The second kappa shape index (κ2) is 8.90. The molecule has 1 heterocycles. The fourth-order valence-electron chi connectivity index (χ4n) is 3.56. The lowest BCUT2D eigenvalue weighted by molar-refractivity contribution is -0.129. The number of hydrogen-bond donors (Lipinski definition) is 1. The maximum absolute atomic E-state index is 12.5. The largest absolute Gasteiger partial charge is 0.493 e. The van der Waals surface area contributed by atoms with Crippen molar-refractivity contribution >= 4 is 16.9 Å². The molecule has 0 aliphatic carbocycles. The molecule has 1 N–H and O–H groups in total. The van der Waals surface area contributed by atoms with Gasteiger partial charge in [-0.3, -0.25) is 4.79 Å². The Morgan fingerprint density at radius 1 is 1.10 bits per heavy atom. The van der Waals surface area contributed by atoms with E-state index < -0.39 is 5.41 Å². The zero-order valence-corrected chi connectivity index (χ0v) is 19.0. The third-order valence-electron chi connectivity index (χ3n) is 5.28. The predicted octanol–water partition coefficient (Wildman–Crippen LogP) is 5.35. The lowest BCUT2D eigenvalue weighted by Crippen LogP contribution is -2.37. The van der Waals surface area contributed by atoms with Crippen molar-refractivity contribution < 1.29 is 9.53 Å². The normalized spacial score (nSPS) is 12.7. The van der Waals surface area contributed by atoms with Crippen LogP contribution in [0.1, 0.15) is 57.1 Å². The van der Waals surface area contributed by atoms with E-state index in [0.29, 0.717) is 6.61 Å². The molecule has 2 aromatic carbocycles. The van der Waals surface area contributed by atoms with Gasteiger partial charge in [0.2, 0.25) is 5.91 Å². The lowest BCUT2D eigenvalue weighted by Gasteiger charge is -2.22. The van der Waals surface area contributed by atoms with E-state index >= 15 is 0 Å². The Kier molecular flexibility index (Phi) is 6.49. The summed E-state index contributed by atoms with van der Waals surface area (Å²) in [6.07, 6.45) is 0.848. The zero-order valence-electron chi connectivity index (χ0n) is 19.0. The van der Waals surface area contributed by atoms with Crippen LogP contribution in [0.2, 0.25) is 0 Å². The third kappa shape index (κ3) is 4.84. The van der Waals surface area contributed by atoms with Gasteiger partial charge in [0.05, 0.1) is 23.7 Å². The van der Waals surface area contributed by atoms with Crippen molar-refractivity contribution in [2.75, 3.05) is 6.61 Å². The van der Waals surface area contributed by atoms with E-state index in [0.717, 1.165) is 46.7 Å². The molecule has 30 heavy (non-hydrogen) atoms. The first kappa shape index (κ1) is 21.9. The van der Waals surface area contributed by atoms with Crippen LogP contribution in [0.5, 0.6) is 5.75 Å². The molecule has 5 nitrogen and oxygen atoms in total. The number of aryl methyl sites for hydroxylation is 3. The molecule has 160 valence electrons. The average molecular weight is 408 g/mol. The highest BCUT2D eigenvalue weighted by Gasteiger charge is 2.25. The summed E-state index contributed by atoms with van der Waals surface area (Å²) < 4.78 is 8.29. The molecule has 1 amide bonds. The molecule has 0 saturated carbocycles. The first-order valence-electron chi connectivity index (χ1n) is 10.6. The number of hydrogen-bond acceptors (Lipinski definition) is 3. The van der Waals surface area contributed by atoms with Crippen molar-refractivity contribution in [1.29, 1.82) is 0 Å². The zero-order chi connectivity index (χ0) is 21.9. The number of fused-ring (bicyclic) bond motifs is 1. The fraction of sp³-hybridized carbons (Fsp3) is 0.440. The molecule has 1 atom stereocenters. The van der Waals surface area contributed by atoms with Crippen molar-refractivity contribution in [2.24, 2.45) is 5.41 Å². The second-order valence-corrected chi connectivity index (χ2v) is 8.98. The smallest absolute Gasteiger partial charge is 0.225 e. The number of nitrogens with one attached hydrogen (secondary N) is 1. The van der Waals surface area contributed by atoms with Gasteiger partial charge in [-0.15, -0.1) is 0 Å². The topological polar surface area (TPSA) is 56.1 Å². The Balaban J connectivity index is 1.75. The fourth-order valence-corrected chi connectivity index (χ4v) is 3.56. The minimum absolute atomic E-state index is 0.0203. The maximum atomic E-state index is 12.5. The predicted molar refractivity (Wildman–Crippen MR) is 122 cm³/mol. The van der Waals surface area contributed by atoms with Gasteiger partial charge < -0.3 is 14.6 Å². The van der Waals surface area contributed by atoms with Crippen LogP contribution in [-0.2, 0) is 11.3 Å². The van der Waals surface area contributed by atoms with Gasteiger partial charge in [-0.05, 0) is 50.5 Å². The summed E-state index contributed by atoms with van der Waals surface area (Å²) in [6, 6.07) is 14.1. The van der Waals surface area contributed by atoms with Crippen LogP contribution in [0.15, 0.2) is 42.5 Å². The number of para-hydroxylation sites is 3. The molecule has 0 spiro atoms. The number of imidazole rings is 1. The molecule has 3 aromatic rings. The van der Waals surface area contributed by atoms with E-state index in [9.17, 15) is 4.79 Å². The Hall–Kier alpha value is -2.82. The first-order chi connectivity index (χ1) is 14.2. The summed E-state index contributed by atoms with van der Waals surface area (Å²) in [6.45, 7) is 13.3. The van der Waals surface area contributed by atoms with Crippen LogP contribution in [-0.4, -0.2) is 22.1 Å². The van der Waals surface area contributed by atoms with Gasteiger partial charge in [-0.2, -0.15) is 0 Å². The highest BCUT2D eigenvalue weighted by atomic mass is 16.5. The number of nitrogens with zero attached hydrogens (tertiary/aromatic N) is 2. The summed E-state index contributed by atoms with van der Waals surface area (Å²) in [5.74, 6) is 1.87. The number of benzene rings is 2. The molecule has 0 aliphatic rings. The Labute approximate surface area is 179 Å². The number of rotatable bonds is 7. The molecule has 0 radical (unpaired) electrons. The molecule has 5 heteroatoms. The number of carbonyl (C=O) groups is 1. The third-order valence-corrected chi connectivity index (χ3v) is 5.28. The van der Waals surface area contributed by atoms with Crippen molar-refractivity contribution in [3.63, 3.8) is 0 Å². The number of carbonyl (C=O) groups excluding carboxylic acids is 1. The van der Waals surface area contributed by atoms with Crippen molar-refractivity contribution in [2.45, 2.75) is 60.5 Å². The van der Waals surface area contributed by atoms with Crippen LogP contribution >= 0.6 is 0 Å². The number of aromatic nitrogens is 2. The van der Waals surface area contributed by atoms with Crippen molar-refractivity contribution in [3.8, 4) is 5.75 Å². The van der Waals surface area contributed by atoms with Crippen molar-refractivity contribution in [3.05, 3.63) is 59.4 Å². The van der Waals surface area contributed by atoms with Crippen molar-refractivity contribution in [1.82, 2.24) is 14.9 Å². The van der Waals surface area contributed by atoms with E-state index in [1.807, 2.05) is 45.9 Å². The highest BCUT2D eigenvalue weighted by Crippen LogP contribution is 2.24. The number of amides is 1. The molecule has 0 bridgehead atoms. The molecule has 1 aromatic heterocycles. The summed E-state index contributed by atoms with van der Waals surface area (Å²) >= 11 is 0. The summed E-state index contributed by atoms with van der Waals surface area (Å²) in [5.41, 5.74) is 3.89. The van der Waals surface area contributed by atoms with E-state index in [2.05, 4.69) is 48.0 Å².